The van der Waals surface area contributed by atoms with E-state index in [4.69, 9.17) is 27.6 Å². The van der Waals surface area contributed by atoms with E-state index in [1.54, 1.807) is 53.6 Å². The topological polar surface area (TPSA) is 108 Å². The Morgan fingerprint density at radius 1 is 1.03 bits per heavy atom. The first kappa shape index (κ1) is 27.0. The number of amides is 3. The monoisotopic (exact) mass is 585 g/mol. The maximum Gasteiger partial charge on any atom is 0.287 e. The molecule has 1 fully saturated rings. The normalized spacial score (nSPS) is 14.3. The fraction of sp³-hybridized carbons (Fsp3) is 0.259. The zero-order valence-corrected chi connectivity index (χ0v) is 23.1. The molecule has 202 valence electrons. The molecule has 0 aliphatic carbocycles. The highest BCUT2D eigenvalue weighted by atomic mass is 35.5. The largest absolute Gasteiger partial charge is 0.451 e. The minimum atomic E-state index is -0.975. The number of rotatable bonds is 8. The molecule has 12 heteroatoms. The van der Waals surface area contributed by atoms with Crippen molar-refractivity contribution in [3.63, 3.8) is 0 Å². The Morgan fingerprint density at radius 3 is 2.56 bits per heavy atom. The number of nitrogens with zero attached hydrogens (tertiary/aromatic N) is 3. The van der Waals surface area contributed by atoms with Gasteiger partial charge in [0.1, 0.15) is 11.6 Å². The molecule has 0 bridgehead atoms. The molecule has 3 amide bonds. The summed E-state index contributed by atoms with van der Waals surface area (Å²) in [4.78, 5) is 47.2. The SMILES string of the molecule is O=C(NC(Cc1ccccn1)C(=O)NCC(=O)N1CCN(c2ccc(Cl)s2)CC1)c1cc2cc(Cl)ccc2o1. The predicted octanol–water partition coefficient (Wildman–Crippen LogP) is 4.00. The Labute approximate surface area is 238 Å². The average molecular weight is 587 g/mol. The van der Waals surface area contributed by atoms with E-state index in [2.05, 4.69) is 20.5 Å². The number of carbonyl (C=O) groups excluding carboxylic acids is 3. The Hall–Kier alpha value is -3.60. The van der Waals surface area contributed by atoms with Gasteiger partial charge in [-0.25, -0.2) is 0 Å². The lowest BCUT2D eigenvalue weighted by atomic mass is 10.1. The zero-order valence-electron chi connectivity index (χ0n) is 20.7. The molecular weight excluding hydrogens is 561 g/mol. The smallest absolute Gasteiger partial charge is 0.287 e. The zero-order chi connectivity index (χ0) is 27.4. The molecule has 1 unspecified atom stereocenters. The van der Waals surface area contributed by atoms with Gasteiger partial charge in [-0.05, 0) is 48.5 Å². The Bertz CT molecular complexity index is 1480. The fourth-order valence-electron chi connectivity index (χ4n) is 4.34. The minimum Gasteiger partial charge on any atom is -0.451 e. The molecule has 1 saturated heterocycles. The van der Waals surface area contributed by atoms with Crippen LogP contribution in [0.5, 0.6) is 0 Å². The van der Waals surface area contributed by atoms with Gasteiger partial charge in [-0.15, -0.1) is 11.3 Å². The highest BCUT2D eigenvalue weighted by Crippen LogP contribution is 2.30. The number of hydrogen-bond donors (Lipinski definition) is 2. The van der Waals surface area contributed by atoms with Crippen LogP contribution in [-0.4, -0.2) is 66.4 Å². The lowest BCUT2D eigenvalue weighted by Gasteiger charge is -2.35. The molecule has 2 N–H and O–H groups in total. The summed E-state index contributed by atoms with van der Waals surface area (Å²) in [6.07, 6.45) is 1.75. The van der Waals surface area contributed by atoms with Crippen molar-refractivity contribution in [1.82, 2.24) is 20.5 Å². The van der Waals surface area contributed by atoms with Crippen molar-refractivity contribution in [2.75, 3.05) is 37.6 Å². The van der Waals surface area contributed by atoms with Crippen LogP contribution in [0.25, 0.3) is 11.0 Å². The van der Waals surface area contributed by atoms with Gasteiger partial charge in [0.05, 0.1) is 15.9 Å². The van der Waals surface area contributed by atoms with E-state index < -0.39 is 17.9 Å². The highest BCUT2D eigenvalue weighted by Gasteiger charge is 2.27. The van der Waals surface area contributed by atoms with Gasteiger partial charge in [-0.3, -0.25) is 19.4 Å². The first-order valence-electron chi connectivity index (χ1n) is 12.3. The van der Waals surface area contributed by atoms with E-state index in [1.165, 1.54) is 11.3 Å². The number of thiophene rings is 1. The maximum absolute atomic E-state index is 13.2. The Balaban J connectivity index is 1.20. The van der Waals surface area contributed by atoms with Crippen LogP contribution >= 0.6 is 34.5 Å². The van der Waals surface area contributed by atoms with E-state index in [1.807, 2.05) is 12.1 Å². The van der Waals surface area contributed by atoms with Gasteiger partial charge in [0.25, 0.3) is 5.91 Å². The fourth-order valence-corrected chi connectivity index (χ4v) is 5.61. The molecule has 4 aromatic rings. The number of pyridine rings is 1. The lowest BCUT2D eigenvalue weighted by Crippen LogP contribution is -2.53. The van der Waals surface area contributed by atoms with Crippen molar-refractivity contribution in [2.45, 2.75) is 12.5 Å². The number of nitrogens with one attached hydrogen (secondary N) is 2. The van der Waals surface area contributed by atoms with Crippen molar-refractivity contribution < 1.29 is 18.8 Å². The second-order valence-electron chi connectivity index (χ2n) is 9.01. The minimum absolute atomic E-state index is 0.0482. The van der Waals surface area contributed by atoms with Crippen LogP contribution in [0.15, 0.2) is 65.2 Å². The standard InChI is InChI=1S/C27H25Cl2N5O4S/c28-18-4-5-21-17(13-18)14-22(38-21)27(37)32-20(15-19-3-1-2-8-30-19)26(36)31-16-24(35)33-9-11-34(12-10-33)25-7-6-23(29)39-25/h1-8,13-14,20H,9-12,15-16H2,(H,31,36)(H,32,37). The number of hydrogen-bond acceptors (Lipinski definition) is 7. The molecule has 0 radical (unpaired) electrons. The molecular formula is C27H25Cl2N5O4S. The van der Waals surface area contributed by atoms with Crippen molar-refractivity contribution >= 4 is 68.2 Å². The number of piperazine rings is 1. The first-order chi connectivity index (χ1) is 18.9. The molecule has 3 aromatic heterocycles. The molecule has 1 aromatic carbocycles. The molecule has 0 saturated carbocycles. The van der Waals surface area contributed by atoms with Crippen molar-refractivity contribution in [3.8, 4) is 0 Å². The molecule has 4 heterocycles. The molecule has 39 heavy (non-hydrogen) atoms. The van der Waals surface area contributed by atoms with Crippen LogP contribution in [0, 0.1) is 0 Å². The van der Waals surface area contributed by atoms with Crippen LogP contribution in [0.2, 0.25) is 9.36 Å². The first-order valence-corrected chi connectivity index (χ1v) is 13.9. The third-order valence-corrected chi connectivity index (χ3v) is 7.91. The third-order valence-electron chi connectivity index (χ3n) is 6.38. The second-order valence-corrected chi connectivity index (χ2v) is 11.1. The molecule has 1 aliphatic rings. The molecule has 1 aliphatic heterocycles. The number of benzene rings is 1. The summed E-state index contributed by atoms with van der Waals surface area (Å²) >= 11 is 13.6. The molecule has 5 rings (SSSR count). The Morgan fingerprint density at radius 2 is 1.85 bits per heavy atom. The summed E-state index contributed by atoms with van der Waals surface area (Å²) in [5.41, 5.74) is 1.12. The Kier molecular flexibility index (Phi) is 8.35. The van der Waals surface area contributed by atoms with Crippen molar-refractivity contribution in [2.24, 2.45) is 0 Å². The van der Waals surface area contributed by atoms with E-state index >= 15 is 0 Å². The number of halogens is 2. The third kappa shape index (κ3) is 6.70. The van der Waals surface area contributed by atoms with E-state index in [9.17, 15) is 14.4 Å². The number of furan rings is 1. The van der Waals surface area contributed by atoms with Gasteiger partial charge in [-0.2, -0.15) is 0 Å². The highest BCUT2D eigenvalue weighted by molar-refractivity contribution is 7.19. The van der Waals surface area contributed by atoms with Crippen LogP contribution in [0.3, 0.4) is 0 Å². The van der Waals surface area contributed by atoms with Crippen LogP contribution in [0.1, 0.15) is 16.2 Å². The number of aromatic nitrogens is 1. The number of carbonyl (C=O) groups is 3. The van der Waals surface area contributed by atoms with Crippen molar-refractivity contribution in [3.05, 3.63) is 81.6 Å². The van der Waals surface area contributed by atoms with Crippen LogP contribution < -0.4 is 15.5 Å². The van der Waals surface area contributed by atoms with Gasteiger partial charge in [0, 0.05) is 54.9 Å². The lowest BCUT2D eigenvalue weighted by molar-refractivity contribution is -0.133. The quantitative estimate of drug-likeness (QED) is 0.323. The van der Waals surface area contributed by atoms with Gasteiger partial charge in [0.2, 0.25) is 11.8 Å². The van der Waals surface area contributed by atoms with Crippen molar-refractivity contribution in [1.29, 1.82) is 0 Å². The van der Waals surface area contributed by atoms with Gasteiger partial charge >= 0.3 is 0 Å². The maximum atomic E-state index is 13.2. The summed E-state index contributed by atoms with van der Waals surface area (Å²) in [6.45, 7) is 2.25. The number of anilines is 1. The number of fused-ring (bicyclic) bond motifs is 1. The summed E-state index contributed by atoms with van der Waals surface area (Å²) in [5.74, 6) is -1.20. The van der Waals surface area contributed by atoms with Gasteiger partial charge < -0.3 is 24.9 Å². The molecule has 1 atom stereocenters. The summed E-state index contributed by atoms with van der Waals surface area (Å²) in [6, 6.07) is 14.8. The predicted molar refractivity (Wildman–Crippen MR) is 152 cm³/mol. The average Bonchev–Trinajstić information content (AvgIpc) is 3.58. The van der Waals surface area contributed by atoms with Crippen LogP contribution in [-0.2, 0) is 16.0 Å². The van der Waals surface area contributed by atoms with Crippen LogP contribution in [0.4, 0.5) is 5.00 Å². The summed E-state index contributed by atoms with van der Waals surface area (Å²) < 4.78 is 6.37. The van der Waals surface area contributed by atoms with E-state index in [-0.39, 0.29) is 24.6 Å². The summed E-state index contributed by atoms with van der Waals surface area (Å²) in [7, 11) is 0. The van der Waals surface area contributed by atoms with Gasteiger partial charge in [-0.1, -0.05) is 29.3 Å². The second kappa shape index (κ2) is 12.1. The summed E-state index contributed by atoms with van der Waals surface area (Å²) in [5, 5.41) is 7.68. The van der Waals surface area contributed by atoms with E-state index in [0.717, 1.165) is 9.34 Å². The van der Waals surface area contributed by atoms with E-state index in [0.29, 0.717) is 47.9 Å². The molecule has 9 nitrogen and oxygen atoms in total. The van der Waals surface area contributed by atoms with Gasteiger partial charge in [0.15, 0.2) is 5.76 Å². The molecule has 0 spiro atoms.